The normalized spacial score (nSPS) is 21.4. The zero-order chi connectivity index (χ0) is 20.3. The molecular formula is C22H30N2O4. The van der Waals surface area contributed by atoms with Crippen LogP contribution >= 0.6 is 0 Å². The van der Waals surface area contributed by atoms with Crippen molar-refractivity contribution in [2.24, 2.45) is 5.41 Å². The van der Waals surface area contributed by atoms with E-state index in [4.69, 9.17) is 0 Å². The molecule has 2 N–H and O–H groups in total. The van der Waals surface area contributed by atoms with Crippen molar-refractivity contribution in [3.05, 3.63) is 29.3 Å². The Morgan fingerprint density at radius 3 is 2.50 bits per heavy atom. The second-order valence-electron chi connectivity index (χ2n) is 8.39. The predicted molar refractivity (Wildman–Crippen MR) is 107 cm³/mol. The Morgan fingerprint density at radius 1 is 1.18 bits per heavy atom. The van der Waals surface area contributed by atoms with E-state index in [1.807, 2.05) is 17.9 Å². The van der Waals surface area contributed by atoms with Crippen LogP contribution in [0.4, 0.5) is 5.69 Å². The molecule has 3 rings (SSSR count). The summed E-state index contributed by atoms with van der Waals surface area (Å²) < 4.78 is 0. The second-order valence-corrected chi connectivity index (χ2v) is 8.39. The van der Waals surface area contributed by atoms with Gasteiger partial charge in [0.1, 0.15) is 0 Å². The first-order chi connectivity index (χ1) is 13.3. The number of anilines is 1. The zero-order valence-corrected chi connectivity index (χ0v) is 16.8. The number of carbonyl (C=O) groups excluding carboxylic acids is 2. The molecular weight excluding hydrogens is 356 g/mol. The molecule has 1 heterocycles. The first-order valence-corrected chi connectivity index (χ1v) is 10.3. The van der Waals surface area contributed by atoms with Crippen molar-refractivity contribution in [3.63, 3.8) is 0 Å². The number of carboxylic acids is 1. The largest absolute Gasteiger partial charge is 0.481 e. The Kier molecular flexibility index (Phi) is 6.06. The Bertz CT molecular complexity index is 768. The number of hydrogen-bond donors (Lipinski definition) is 2. The molecule has 1 saturated carbocycles. The summed E-state index contributed by atoms with van der Waals surface area (Å²) >= 11 is 0. The summed E-state index contributed by atoms with van der Waals surface area (Å²) in [6, 6.07) is 5.55. The lowest BCUT2D eigenvalue weighted by Gasteiger charge is -2.33. The van der Waals surface area contributed by atoms with E-state index in [0.717, 1.165) is 44.2 Å². The molecule has 1 aliphatic heterocycles. The number of aryl methyl sites for hydroxylation is 1. The third-order valence-electron chi connectivity index (χ3n) is 6.32. The fourth-order valence-corrected chi connectivity index (χ4v) is 4.52. The van der Waals surface area contributed by atoms with E-state index < -0.39 is 11.4 Å². The molecule has 1 aromatic carbocycles. The van der Waals surface area contributed by atoms with Gasteiger partial charge >= 0.3 is 5.97 Å². The van der Waals surface area contributed by atoms with Crippen LogP contribution in [0.1, 0.15) is 74.2 Å². The fourth-order valence-electron chi connectivity index (χ4n) is 4.52. The minimum Gasteiger partial charge on any atom is -0.481 e. The van der Waals surface area contributed by atoms with Gasteiger partial charge in [-0.2, -0.15) is 0 Å². The molecule has 1 saturated heterocycles. The van der Waals surface area contributed by atoms with Gasteiger partial charge in [0.05, 0.1) is 5.41 Å². The Hall–Kier alpha value is -2.37. The molecule has 1 atom stereocenters. The molecule has 0 bridgehead atoms. The van der Waals surface area contributed by atoms with Gasteiger partial charge in [0.15, 0.2) is 0 Å². The number of carbonyl (C=O) groups is 3. The van der Waals surface area contributed by atoms with Gasteiger partial charge in [-0.1, -0.05) is 12.8 Å². The van der Waals surface area contributed by atoms with Crippen LogP contribution in [0.2, 0.25) is 0 Å². The van der Waals surface area contributed by atoms with Gasteiger partial charge in [0.25, 0.3) is 5.91 Å². The van der Waals surface area contributed by atoms with Gasteiger partial charge in [-0.05, 0) is 69.7 Å². The Balaban J connectivity index is 1.68. The number of likely N-dealkylation sites (tertiary alicyclic amines) is 1. The highest BCUT2D eigenvalue weighted by Crippen LogP contribution is 2.41. The van der Waals surface area contributed by atoms with E-state index in [1.54, 1.807) is 12.1 Å². The van der Waals surface area contributed by atoms with Crippen molar-refractivity contribution in [3.8, 4) is 0 Å². The number of amides is 2. The van der Waals surface area contributed by atoms with Gasteiger partial charge in [-0.25, -0.2) is 0 Å². The molecule has 2 amide bonds. The van der Waals surface area contributed by atoms with Crippen LogP contribution in [-0.4, -0.2) is 40.4 Å². The molecule has 0 radical (unpaired) electrons. The van der Waals surface area contributed by atoms with E-state index in [-0.39, 0.29) is 24.3 Å². The first-order valence-electron chi connectivity index (χ1n) is 10.3. The molecule has 1 unspecified atom stereocenters. The van der Waals surface area contributed by atoms with E-state index >= 15 is 0 Å². The number of rotatable bonds is 5. The number of nitrogens with one attached hydrogen (secondary N) is 1. The first kappa shape index (κ1) is 20.4. The number of piperidine rings is 1. The minimum atomic E-state index is -0.932. The number of carboxylic acid groups (broad SMARTS) is 1. The molecule has 152 valence electrons. The van der Waals surface area contributed by atoms with Gasteiger partial charge < -0.3 is 15.3 Å². The topological polar surface area (TPSA) is 86.7 Å². The van der Waals surface area contributed by atoms with Gasteiger partial charge in [0, 0.05) is 30.3 Å². The molecule has 2 aliphatic rings. The summed E-state index contributed by atoms with van der Waals surface area (Å²) in [6.45, 7) is 4.73. The van der Waals surface area contributed by atoms with E-state index in [2.05, 4.69) is 12.2 Å². The second kappa shape index (κ2) is 8.33. The summed E-state index contributed by atoms with van der Waals surface area (Å²) in [5, 5.41) is 12.4. The van der Waals surface area contributed by atoms with E-state index in [0.29, 0.717) is 24.1 Å². The maximum Gasteiger partial charge on any atom is 0.310 e. The van der Waals surface area contributed by atoms with Crippen molar-refractivity contribution >= 4 is 23.5 Å². The number of nitrogens with zero attached hydrogens (tertiary/aromatic N) is 1. The lowest BCUT2D eigenvalue weighted by Crippen LogP contribution is -2.42. The molecule has 0 spiro atoms. The van der Waals surface area contributed by atoms with Crippen molar-refractivity contribution in [1.82, 2.24) is 4.90 Å². The summed E-state index contributed by atoms with van der Waals surface area (Å²) in [4.78, 5) is 38.9. The number of hydrogen-bond acceptors (Lipinski definition) is 3. The van der Waals surface area contributed by atoms with Crippen LogP contribution in [0.25, 0.3) is 0 Å². The standard InChI is InChI=1S/C22H30N2O4/c1-15-13-17(20(26)24-12-6-3-7-16(24)2)8-9-18(15)23-19(25)14-22(21(27)28)10-4-5-11-22/h8-9,13,16H,3-7,10-12,14H2,1-2H3,(H,23,25)(H,27,28). The van der Waals surface area contributed by atoms with Crippen molar-refractivity contribution < 1.29 is 19.5 Å². The molecule has 6 heteroatoms. The molecule has 28 heavy (non-hydrogen) atoms. The van der Waals surface area contributed by atoms with Crippen LogP contribution in [0.3, 0.4) is 0 Å². The van der Waals surface area contributed by atoms with Crippen LogP contribution in [0, 0.1) is 12.3 Å². The van der Waals surface area contributed by atoms with E-state index in [1.165, 1.54) is 0 Å². The van der Waals surface area contributed by atoms with Crippen molar-refractivity contribution in [2.45, 2.75) is 71.3 Å². The van der Waals surface area contributed by atoms with Crippen LogP contribution in [0.5, 0.6) is 0 Å². The fraction of sp³-hybridized carbons (Fsp3) is 0.591. The van der Waals surface area contributed by atoms with Gasteiger partial charge in [-0.3, -0.25) is 14.4 Å². The summed E-state index contributed by atoms with van der Waals surface area (Å²) in [7, 11) is 0. The highest BCUT2D eigenvalue weighted by Gasteiger charge is 2.43. The monoisotopic (exact) mass is 386 g/mol. The maximum absolute atomic E-state index is 12.8. The highest BCUT2D eigenvalue weighted by molar-refractivity contribution is 5.97. The predicted octanol–water partition coefficient (Wildman–Crippen LogP) is 3.98. The van der Waals surface area contributed by atoms with E-state index in [9.17, 15) is 19.5 Å². The zero-order valence-electron chi connectivity index (χ0n) is 16.8. The maximum atomic E-state index is 12.8. The minimum absolute atomic E-state index is 0.00620. The quantitative estimate of drug-likeness (QED) is 0.801. The summed E-state index contributed by atoms with van der Waals surface area (Å²) in [5.74, 6) is -1.13. The number of benzene rings is 1. The molecule has 6 nitrogen and oxygen atoms in total. The van der Waals surface area contributed by atoms with Crippen LogP contribution in [-0.2, 0) is 9.59 Å². The Morgan fingerprint density at radius 2 is 1.89 bits per heavy atom. The SMILES string of the molecule is Cc1cc(C(=O)N2CCCCC2C)ccc1NC(=O)CC1(C(=O)O)CCCC1. The summed E-state index contributed by atoms with van der Waals surface area (Å²) in [5.41, 5.74) is 1.13. The van der Waals surface area contributed by atoms with Crippen LogP contribution in [0.15, 0.2) is 18.2 Å². The average Bonchev–Trinajstić information content (AvgIpc) is 3.13. The van der Waals surface area contributed by atoms with Gasteiger partial charge in [-0.15, -0.1) is 0 Å². The molecule has 1 aromatic rings. The van der Waals surface area contributed by atoms with Crippen molar-refractivity contribution in [2.75, 3.05) is 11.9 Å². The highest BCUT2D eigenvalue weighted by atomic mass is 16.4. The smallest absolute Gasteiger partial charge is 0.310 e. The summed E-state index contributed by atoms with van der Waals surface area (Å²) in [6.07, 6.45) is 6.03. The Labute approximate surface area is 166 Å². The lowest BCUT2D eigenvalue weighted by atomic mass is 9.82. The average molecular weight is 386 g/mol. The molecule has 1 aliphatic carbocycles. The molecule has 0 aromatic heterocycles. The van der Waals surface area contributed by atoms with Gasteiger partial charge in [0.2, 0.25) is 5.91 Å². The number of aliphatic carboxylic acids is 1. The third-order valence-corrected chi connectivity index (χ3v) is 6.32. The third kappa shape index (κ3) is 4.21. The van der Waals surface area contributed by atoms with Crippen LogP contribution < -0.4 is 5.32 Å². The molecule has 2 fully saturated rings. The van der Waals surface area contributed by atoms with Crippen molar-refractivity contribution in [1.29, 1.82) is 0 Å². The lowest BCUT2D eigenvalue weighted by molar-refractivity contribution is -0.150.